The smallest absolute Gasteiger partial charge is 0.410 e. The van der Waals surface area contributed by atoms with E-state index in [1.807, 2.05) is 20.8 Å². The number of methoxy groups -OCH3 is 1. The van der Waals surface area contributed by atoms with E-state index in [1.54, 1.807) is 23.1 Å². The lowest BCUT2D eigenvalue weighted by Crippen LogP contribution is -2.40. The molecule has 2 atom stereocenters. The molecule has 9 nitrogen and oxygen atoms in total. The number of aromatic nitrogens is 2. The number of carbonyl (C=O) groups excluding carboxylic acids is 2. The standard InChI is InChI=1S/C24H25Cl2N5O4S/c1-24(2,3)35-23(33)31-8-12-13(9-31)18(12)28-20(32)16-7-11-19(29-22(27)30-21(11)36-16)17-14(26)5-10(25)6-15(17)34-4/h5-7,12-13,18H,8-9H2,1-4H3,(H,28,32)(H2,27,29,30). The minimum Gasteiger partial charge on any atom is -0.496 e. The third-order valence-electron chi connectivity index (χ3n) is 6.25. The second-order valence-corrected chi connectivity index (χ2v) is 11.8. The normalized spacial score (nSPS) is 20.8. The number of nitrogens with one attached hydrogen (secondary N) is 1. The van der Waals surface area contributed by atoms with Crippen molar-refractivity contribution in [2.24, 2.45) is 11.8 Å². The van der Waals surface area contributed by atoms with Gasteiger partial charge in [-0.05, 0) is 39.0 Å². The number of hydrogen-bond acceptors (Lipinski definition) is 8. The minimum atomic E-state index is -0.538. The minimum absolute atomic E-state index is 0.0165. The van der Waals surface area contributed by atoms with Crippen LogP contribution in [0.1, 0.15) is 30.4 Å². The predicted octanol–water partition coefficient (Wildman–Crippen LogP) is 4.85. The highest BCUT2D eigenvalue weighted by Crippen LogP contribution is 2.46. The Kier molecular flexibility index (Phi) is 6.17. The maximum Gasteiger partial charge on any atom is 0.410 e. The van der Waals surface area contributed by atoms with E-state index in [0.717, 1.165) is 0 Å². The molecule has 1 saturated carbocycles. The number of halogens is 2. The highest BCUT2D eigenvalue weighted by Gasteiger charge is 2.58. The first-order chi connectivity index (χ1) is 16.9. The monoisotopic (exact) mass is 549 g/mol. The van der Waals surface area contributed by atoms with E-state index in [1.165, 1.54) is 18.4 Å². The van der Waals surface area contributed by atoms with Crippen molar-refractivity contribution in [1.29, 1.82) is 0 Å². The van der Waals surface area contributed by atoms with Crippen LogP contribution in [-0.4, -0.2) is 58.7 Å². The van der Waals surface area contributed by atoms with Crippen LogP contribution in [0.25, 0.3) is 21.5 Å². The van der Waals surface area contributed by atoms with Gasteiger partial charge in [0, 0.05) is 41.4 Å². The summed E-state index contributed by atoms with van der Waals surface area (Å²) in [6.07, 6.45) is -0.315. The zero-order valence-corrected chi connectivity index (χ0v) is 22.4. The van der Waals surface area contributed by atoms with E-state index in [4.69, 9.17) is 38.4 Å². The number of piperidine rings is 1. The summed E-state index contributed by atoms with van der Waals surface area (Å²) in [5, 5.41) is 4.50. The van der Waals surface area contributed by atoms with E-state index >= 15 is 0 Å². The lowest BCUT2D eigenvalue weighted by Gasteiger charge is -2.26. The summed E-state index contributed by atoms with van der Waals surface area (Å²) in [5.41, 5.74) is 6.42. The number of nitrogens with two attached hydrogens (primary N) is 1. The van der Waals surface area contributed by atoms with Crippen LogP contribution in [0.2, 0.25) is 10.0 Å². The molecule has 3 N–H and O–H groups in total. The average Bonchev–Trinajstić information content (AvgIpc) is 3.14. The molecule has 1 aromatic carbocycles. The van der Waals surface area contributed by atoms with Gasteiger partial charge in [0.1, 0.15) is 16.2 Å². The second kappa shape index (κ2) is 8.93. The number of anilines is 1. The van der Waals surface area contributed by atoms with Gasteiger partial charge in [0.05, 0.1) is 28.3 Å². The molecule has 190 valence electrons. The van der Waals surface area contributed by atoms with Crippen LogP contribution in [0.5, 0.6) is 5.75 Å². The number of rotatable bonds is 4. The van der Waals surface area contributed by atoms with Crippen molar-refractivity contribution in [1.82, 2.24) is 20.2 Å². The summed E-state index contributed by atoms with van der Waals surface area (Å²) in [5.74, 6) is 0.723. The van der Waals surface area contributed by atoms with Crippen molar-refractivity contribution < 1.29 is 19.1 Å². The van der Waals surface area contributed by atoms with Gasteiger partial charge in [-0.1, -0.05) is 23.2 Å². The predicted molar refractivity (Wildman–Crippen MR) is 140 cm³/mol. The van der Waals surface area contributed by atoms with Crippen molar-refractivity contribution >= 4 is 62.7 Å². The first-order valence-corrected chi connectivity index (χ1v) is 12.9. The molecule has 2 unspecified atom stereocenters. The Labute approximate surface area is 221 Å². The van der Waals surface area contributed by atoms with Crippen LogP contribution in [0, 0.1) is 11.8 Å². The number of fused-ring (bicyclic) bond motifs is 2. The van der Waals surface area contributed by atoms with Crippen LogP contribution < -0.4 is 15.8 Å². The van der Waals surface area contributed by atoms with Crippen molar-refractivity contribution in [3.8, 4) is 17.0 Å². The van der Waals surface area contributed by atoms with Crippen LogP contribution in [0.4, 0.5) is 10.7 Å². The molecule has 1 saturated heterocycles. The molecule has 1 aliphatic heterocycles. The second-order valence-electron chi connectivity index (χ2n) is 9.94. The van der Waals surface area contributed by atoms with Crippen molar-refractivity contribution in [2.75, 3.05) is 25.9 Å². The Morgan fingerprint density at radius 2 is 1.86 bits per heavy atom. The number of hydrogen-bond donors (Lipinski definition) is 2. The Balaban J connectivity index is 1.35. The van der Waals surface area contributed by atoms with Gasteiger partial charge in [0.25, 0.3) is 5.91 Å². The Morgan fingerprint density at radius 1 is 1.17 bits per heavy atom. The number of nitrogens with zero attached hydrogens (tertiary/aromatic N) is 3. The van der Waals surface area contributed by atoms with Gasteiger partial charge in [-0.15, -0.1) is 11.3 Å². The summed E-state index contributed by atoms with van der Waals surface area (Å²) in [7, 11) is 1.51. The van der Waals surface area contributed by atoms with E-state index in [-0.39, 0.29) is 35.8 Å². The number of amides is 2. The Morgan fingerprint density at radius 3 is 2.50 bits per heavy atom. The lowest BCUT2D eigenvalue weighted by atomic mass is 10.1. The molecule has 2 fully saturated rings. The van der Waals surface area contributed by atoms with Crippen LogP contribution in [-0.2, 0) is 4.74 Å². The summed E-state index contributed by atoms with van der Waals surface area (Å²) >= 11 is 13.8. The quantitative estimate of drug-likeness (QED) is 0.477. The number of nitrogen functional groups attached to an aromatic ring is 1. The summed E-state index contributed by atoms with van der Waals surface area (Å²) in [4.78, 5) is 36.9. The fourth-order valence-electron chi connectivity index (χ4n) is 4.62. The number of ether oxygens (including phenoxy) is 2. The third kappa shape index (κ3) is 4.65. The molecule has 2 aliphatic rings. The molecule has 3 aromatic rings. The molecule has 12 heteroatoms. The van der Waals surface area contributed by atoms with Crippen molar-refractivity contribution in [3.05, 3.63) is 33.1 Å². The van der Waals surface area contributed by atoms with Gasteiger partial charge in [-0.3, -0.25) is 4.79 Å². The first-order valence-electron chi connectivity index (χ1n) is 11.3. The first kappa shape index (κ1) is 24.9. The summed E-state index contributed by atoms with van der Waals surface area (Å²) in [6, 6.07) is 4.99. The topological polar surface area (TPSA) is 120 Å². The van der Waals surface area contributed by atoms with E-state index in [2.05, 4.69) is 15.3 Å². The maximum absolute atomic E-state index is 13.1. The number of benzene rings is 1. The zero-order valence-electron chi connectivity index (χ0n) is 20.1. The lowest BCUT2D eigenvalue weighted by molar-refractivity contribution is 0.0270. The molecule has 0 radical (unpaired) electrons. The molecule has 0 bridgehead atoms. The molecule has 3 heterocycles. The van der Waals surface area contributed by atoms with Crippen LogP contribution in [0.15, 0.2) is 18.2 Å². The fraction of sp³-hybridized carbons (Fsp3) is 0.417. The largest absolute Gasteiger partial charge is 0.496 e. The van der Waals surface area contributed by atoms with E-state index in [0.29, 0.717) is 55.2 Å². The molecule has 2 aromatic heterocycles. The average molecular weight is 550 g/mol. The van der Waals surface area contributed by atoms with E-state index in [9.17, 15) is 9.59 Å². The van der Waals surface area contributed by atoms with Crippen molar-refractivity contribution in [2.45, 2.75) is 32.4 Å². The van der Waals surface area contributed by atoms with Gasteiger partial charge >= 0.3 is 6.09 Å². The molecule has 0 spiro atoms. The SMILES string of the molecule is COc1cc(Cl)cc(Cl)c1-c1nc(N)nc2sc(C(=O)NC3C4CN(C(=O)OC(C)(C)C)CC43)cc12. The number of carbonyl (C=O) groups is 2. The summed E-state index contributed by atoms with van der Waals surface area (Å²) in [6.45, 7) is 6.66. The molecular formula is C24H25Cl2N5O4S. The van der Waals surface area contributed by atoms with Gasteiger partial charge in [0.2, 0.25) is 5.95 Å². The summed E-state index contributed by atoms with van der Waals surface area (Å²) < 4.78 is 10.9. The van der Waals surface area contributed by atoms with Gasteiger partial charge < -0.3 is 25.4 Å². The molecule has 36 heavy (non-hydrogen) atoms. The Bertz CT molecular complexity index is 1380. The highest BCUT2D eigenvalue weighted by molar-refractivity contribution is 7.20. The Hall–Kier alpha value is -2.82. The molecule has 5 rings (SSSR count). The number of thiophene rings is 1. The molecule has 2 amide bonds. The van der Waals surface area contributed by atoms with Gasteiger partial charge in [0.15, 0.2) is 0 Å². The number of likely N-dealkylation sites (tertiary alicyclic amines) is 1. The zero-order chi connectivity index (χ0) is 25.9. The van der Waals surface area contributed by atoms with Crippen molar-refractivity contribution in [3.63, 3.8) is 0 Å². The molecule has 1 aliphatic carbocycles. The van der Waals surface area contributed by atoms with Crippen LogP contribution in [0.3, 0.4) is 0 Å². The van der Waals surface area contributed by atoms with E-state index < -0.39 is 5.60 Å². The fourth-order valence-corrected chi connectivity index (χ4v) is 6.13. The van der Waals surface area contributed by atoms with Gasteiger partial charge in [-0.2, -0.15) is 0 Å². The highest BCUT2D eigenvalue weighted by atomic mass is 35.5. The maximum atomic E-state index is 13.1. The van der Waals surface area contributed by atoms with Gasteiger partial charge in [-0.25, -0.2) is 14.8 Å². The van der Waals surface area contributed by atoms with Crippen LogP contribution >= 0.6 is 34.5 Å². The third-order valence-corrected chi connectivity index (χ3v) is 7.80. The molecular weight excluding hydrogens is 525 g/mol.